The first-order chi connectivity index (χ1) is 13.6. The van der Waals surface area contributed by atoms with E-state index in [0.717, 1.165) is 39.4 Å². The predicted molar refractivity (Wildman–Crippen MR) is 111 cm³/mol. The van der Waals surface area contributed by atoms with E-state index in [9.17, 15) is 4.79 Å². The summed E-state index contributed by atoms with van der Waals surface area (Å²) in [7, 11) is 0. The molecule has 0 unspecified atom stereocenters. The van der Waals surface area contributed by atoms with Crippen molar-refractivity contribution in [2.24, 2.45) is 0 Å². The first-order valence-electron chi connectivity index (χ1n) is 9.30. The molecule has 0 radical (unpaired) electrons. The molecule has 0 saturated carbocycles. The fourth-order valence-corrected chi connectivity index (χ4v) is 4.06. The highest BCUT2D eigenvalue weighted by Crippen LogP contribution is 2.32. The molecule has 6 heteroatoms. The maximum absolute atomic E-state index is 12.3. The van der Waals surface area contributed by atoms with Gasteiger partial charge in [-0.25, -0.2) is 4.98 Å². The van der Waals surface area contributed by atoms with Crippen LogP contribution >= 0.6 is 11.8 Å². The SMILES string of the molecule is CCc1cc2cc(C)ccc2nc1SCC(=O)NCc1ccc2c(c1)OCO2. The molecule has 3 aromatic rings. The van der Waals surface area contributed by atoms with Gasteiger partial charge in [0.2, 0.25) is 12.7 Å². The van der Waals surface area contributed by atoms with Gasteiger partial charge in [-0.05, 0) is 54.8 Å². The summed E-state index contributed by atoms with van der Waals surface area (Å²) in [4.78, 5) is 17.1. The van der Waals surface area contributed by atoms with E-state index in [-0.39, 0.29) is 12.7 Å². The number of pyridine rings is 1. The number of carbonyl (C=O) groups excluding carboxylic acids is 1. The molecule has 5 nitrogen and oxygen atoms in total. The molecule has 1 aliphatic heterocycles. The van der Waals surface area contributed by atoms with Gasteiger partial charge in [0.05, 0.1) is 11.3 Å². The minimum absolute atomic E-state index is 0.0180. The number of hydrogen-bond donors (Lipinski definition) is 1. The maximum atomic E-state index is 12.3. The molecule has 1 amide bonds. The summed E-state index contributed by atoms with van der Waals surface area (Å²) < 4.78 is 10.7. The van der Waals surface area contributed by atoms with Gasteiger partial charge in [-0.1, -0.05) is 36.4 Å². The molecule has 0 atom stereocenters. The number of fused-ring (bicyclic) bond motifs is 2. The number of carbonyl (C=O) groups is 1. The summed E-state index contributed by atoms with van der Waals surface area (Å²) >= 11 is 1.49. The summed E-state index contributed by atoms with van der Waals surface area (Å²) in [5, 5.41) is 5.03. The average Bonchev–Trinajstić information content (AvgIpc) is 3.17. The van der Waals surface area contributed by atoms with E-state index in [1.165, 1.54) is 22.9 Å². The summed E-state index contributed by atoms with van der Waals surface area (Å²) in [6.45, 7) is 4.90. The third kappa shape index (κ3) is 4.07. The number of hydrogen-bond acceptors (Lipinski definition) is 5. The highest BCUT2D eigenvalue weighted by atomic mass is 32.2. The Kier molecular flexibility index (Phi) is 5.39. The maximum Gasteiger partial charge on any atom is 0.231 e. The van der Waals surface area contributed by atoms with Crippen LogP contribution in [0, 0.1) is 6.92 Å². The third-order valence-corrected chi connectivity index (χ3v) is 5.69. The van der Waals surface area contributed by atoms with E-state index in [1.807, 2.05) is 24.3 Å². The number of ether oxygens (including phenoxy) is 2. The quantitative estimate of drug-likeness (QED) is 0.634. The number of rotatable bonds is 6. The first-order valence-corrected chi connectivity index (χ1v) is 10.3. The van der Waals surface area contributed by atoms with E-state index < -0.39 is 0 Å². The highest BCUT2D eigenvalue weighted by molar-refractivity contribution is 7.99. The zero-order chi connectivity index (χ0) is 19.5. The van der Waals surface area contributed by atoms with Gasteiger partial charge >= 0.3 is 0 Å². The molecule has 0 saturated heterocycles. The number of benzene rings is 2. The van der Waals surface area contributed by atoms with Crippen LogP contribution < -0.4 is 14.8 Å². The Morgan fingerprint density at radius 1 is 1.14 bits per heavy atom. The standard InChI is InChI=1S/C22H22N2O3S/c1-3-16-10-17-8-14(2)4-6-18(17)24-22(16)28-12-21(25)23-11-15-5-7-19-20(9-15)27-13-26-19/h4-10H,3,11-13H2,1-2H3,(H,23,25). The van der Waals surface area contributed by atoms with Crippen molar-refractivity contribution in [1.82, 2.24) is 10.3 Å². The van der Waals surface area contributed by atoms with Crippen molar-refractivity contribution in [3.05, 3.63) is 59.2 Å². The van der Waals surface area contributed by atoms with Crippen LogP contribution in [0.15, 0.2) is 47.5 Å². The molecule has 4 rings (SSSR count). The number of aryl methyl sites for hydroxylation is 2. The monoisotopic (exact) mass is 394 g/mol. The molecule has 2 heterocycles. The minimum atomic E-state index is -0.0180. The number of amides is 1. The van der Waals surface area contributed by atoms with Crippen LogP contribution in [-0.2, 0) is 17.8 Å². The Bertz CT molecular complexity index is 1040. The Balaban J connectivity index is 1.38. The van der Waals surface area contributed by atoms with Crippen LogP contribution in [0.2, 0.25) is 0 Å². The van der Waals surface area contributed by atoms with Crippen LogP contribution in [0.4, 0.5) is 0 Å². The van der Waals surface area contributed by atoms with Crippen molar-refractivity contribution >= 4 is 28.6 Å². The minimum Gasteiger partial charge on any atom is -0.454 e. The van der Waals surface area contributed by atoms with Crippen LogP contribution in [-0.4, -0.2) is 23.4 Å². The van der Waals surface area contributed by atoms with Gasteiger partial charge in [-0.2, -0.15) is 0 Å². The Morgan fingerprint density at radius 3 is 2.86 bits per heavy atom. The van der Waals surface area contributed by atoms with Gasteiger partial charge < -0.3 is 14.8 Å². The van der Waals surface area contributed by atoms with Crippen molar-refractivity contribution in [3.8, 4) is 11.5 Å². The van der Waals surface area contributed by atoms with E-state index >= 15 is 0 Å². The lowest BCUT2D eigenvalue weighted by Crippen LogP contribution is -2.24. The van der Waals surface area contributed by atoms with Crippen LogP contribution in [0.3, 0.4) is 0 Å². The second-order valence-corrected chi connectivity index (χ2v) is 7.72. The number of aromatic nitrogens is 1. The number of nitrogens with zero attached hydrogens (tertiary/aromatic N) is 1. The topological polar surface area (TPSA) is 60.5 Å². The Morgan fingerprint density at radius 2 is 2.00 bits per heavy atom. The van der Waals surface area contributed by atoms with E-state index in [4.69, 9.17) is 14.5 Å². The van der Waals surface area contributed by atoms with E-state index in [1.54, 1.807) is 0 Å². The van der Waals surface area contributed by atoms with E-state index in [0.29, 0.717) is 12.3 Å². The molecule has 1 N–H and O–H groups in total. The molecule has 144 valence electrons. The summed E-state index contributed by atoms with van der Waals surface area (Å²) in [5.41, 5.74) is 4.34. The van der Waals surface area contributed by atoms with Crippen molar-refractivity contribution in [2.45, 2.75) is 31.8 Å². The number of thioether (sulfide) groups is 1. The fourth-order valence-electron chi connectivity index (χ4n) is 3.14. The molecule has 0 aliphatic carbocycles. The normalized spacial score (nSPS) is 12.4. The van der Waals surface area contributed by atoms with Gasteiger partial charge in [0.15, 0.2) is 11.5 Å². The highest BCUT2D eigenvalue weighted by Gasteiger charge is 2.14. The van der Waals surface area contributed by atoms with Gasteiger partial charge in [-0.3, -0.25) is 4.79 Å². The smallest absolute Gasteiger partial charge is 0.231 e. The molecule has 28 heavy (non-hydrogen) atoms. The zero-order valence-corrected chi connectivity index (χ0v) is 16.8. The molecular weight excluding hydrogens is 372 g/mol. The molecule has 0 fully saturated rings. The molecular formula is C22H22N2O3S. The second kappa shape index (κ2) is 8.10. The van der Waals surface area contributed by atoms with Gasteiger partial charge in [0.25, 0.3) is 0 Å². The molecule has 2 aromatic carbocycles. The van der Waals surface area contributed by atoms with E-state index in [2.05, 4.69) is 37.4 Å². The second-order valence-electron chi connectivity index (χ2n) is 6.76. The van der Waals surface area contributed by atoms with Crippen LogP contribution in [0.25, 0.3) is 10.9 Å². The molecule has 1 aromatic heterocycles. The third-order valence-electron chi connectivity index (χ3n) is 4.66. The summed E-state index contributed by atoms with van der Waals surface area (Å²) in [6, 6.07) is 14.1. The molecule has 0 bridgehead atoms. The van der Waals surface area contributed by atoms with Gasteiger partial charge in [-0.15, -0.1) is 0 Å². The fraction of sp³-hybridized carbons (Fsp3) is 0.273. The van der Waals surface area contributed by atoms with Crippen LogP contribution in [0.5, 0.6) is 11.5 Å². The zero-order valence-electron chi connectivity index (χ0n) is 16.0. The lowest BCUT2D eigenvalue weighted by molar-refractivity contribution is -0.118. The summed E-state index contributed by atoms with van der Waals surface area (Å²) in [5.74, 6) is 1.79. The lowest BCUT2D eigenvalue weighted by Gasteiger charge is -2.10. The van der Waals surface area contributed by atoms with Crippen molar-refractivity contribution < 1.29 is 14.3 Å². The molecule has 1 aliphatic rings. The molecule has 0 spiro atoms. The first kappa shape index (κ1) is 18.6. The van der Waals surface area contributed by atoms with Gasteiger partial charge in [0, 0.05) is 11.9 Å². The average molecular weight is 394 g/mol. The predicted octanol–water partition coefficient (Wildman–Crippen LogP) is 4.24. The summed E-state index contributed by atoms with van der Waals surface area (Å²) in [6.07, 6.45) is 0.887. The van der Waals surface area contributed by atoms with Crippen molar-refractivity contribution in [1.29, 1.82) is 0 Å². The number of nitrogens with one attached hydrogen (secondary N) is 1. The Hall–Kier alpha value is -2.73. The van der Waals surface area contributed by atoms with Crippen molar-refractivity contribution in [3.63, 3.8) is 0 Å². The van der Waals surface area contributed by atoms with Gasteiger partial charge in [0.1, 0.15) is 5.03 Å². The van der Waals surface area contributed by atoms with Crippen molar-refractivity contribution in [2.75, 3.05) is 12.5 Å². The lowest BCUT2D eigenvalue weighted by atomic mass is 10.1. The Labute approximate surface area is 168 Å². The largest absolute Gasteiger partial charge is 0.454 e. The van der Waals surface area contributed by atoms with Crippen LogP contribution in [0.1, 0.15) is 23.6 Å².